The second-order valence-corrected chi connectivity index (χ2v) is 5.80. The highest BCUT2D eigenvalue weighted by molar-refractivity contribution is 7.85. The van der Waals surface area contributed by atoms with Crippen molar-refractivity contribution in [3.8, 4) is 0 Å². The Morgan fingerprint density at radius 3 is 2.87 bits per heavy atom. The molecule has 1 heterocycles. The lowest BCUT2D eigenvalue weighted by molar-refractivity contribution is 0.570. The molecule has 0 radical (unpaired) electrons. The van der Waals surface area contributed by atoms with Gasteiger partial charge in [0.2, 0.25) is 0 Å². The lowest BCUT2D eigenvalue weighted by atomic mass is 10.0. The van der Waals surface area contributed by atoms with Gasteiger partial charge in [0.05, 0.1) is 0 Å². The van der Waals surface area contributed by atoms with E-state index in [0.717, 1.165) is 18.1 Å². The maximum atomic E-state index is 11.5. The van der Waals surface area contributed by atoms with Crippen molar-refractivity contribution in [2.75, 3.05) is 18.1 Å². The summed E-state index contributed by atoms with van der Waals surface area (Å²) >= 11 is 0. The van der Waals surface area contributed by atoms with Gasteiger partial charge in [0.15, 0.2) is 0 Å². The van der Waals surface area contributed by atoms with E-state index in [4.69, 9.17) is 0 Å². The standard InChI is InChI=1S/C12H17NOS/c1-9-3-4-11(10(2)7-9)12-8-15(14)6-5-13-12/h3-4,7,12-13H,5-6,8H2,1-2H3. The minimum atomic E-state index is -0.647. The van der Waals surface area contributed by atoms with Crippen molar-refractivity contribution < 1.29 is 4.21 Å². The average molecular weight is 223 g/mol. The maximum Gasteiger partial charge on any atom is 0.0439 e. The number of hydrogen-bond acceptors (Lipinski definition) is 2. The van der Waals surface area contributed by atoms with Crippen molar-refractivity contribution >= 4 is 10.8 Å². The van der Waals surface area contributed by atoms with E-state index in [1.54, 1.807) is 0 Å². The van der Waals surface area contributed by atoms with Gasteiger partial charge in [-0.1, -0.05) is 23.8 Å². The largest absolute Gasteiger partial charge is 0.308 e. The zero-order valence-electron chi connectivity index (χ0n) is 9.25. The van der Waals surface area contributed by atoms with E-state index in [-0.39, 0.29) is 6.04 Å². The fourth-order valence-corrected chi connectivity index (χ4v) is 3.27. The molecule has 15 heavy (non-hydrogen) atoms. The molecule has 2 atom stereocenters. The zero-order chi connectivity index (χ0) is 10.8. The fraction of sp³-hybridized carbons (Fsp3) is 0.500. The van der Waals surface area contributed by atoms with Crippen molar-refractivity contribution in [3.05, 3.63) is 34.9 Å². The van der Waals surface area contributed by atoms with Crippen LogP contribution >= 0.6 is 0 Å². The molecule has 1 aliphatic heterocycles. The van der Waals surface area contributed by atoms with E-state index in [2.05, 4.69) is 37.4 Å². The third-order valence-electron chi connectivity index (χ3n) is 2.87. The van der Waals surface area contributed by atoms with E-state index < -0.39 is 10.8 Å². The highest BCUT2D eigenvalue weighted by atomic mass is 32.2. The Kier molecular flexibility index (Phi) is 3.22. The van der Waals surface area contributed by atoms with Gasteiger partial charge in [0.1, 0.15) is 0 Å². The molecule has 1 aliphatic rings. The topological polar surface area (TPSA) is 29.1 Å². The molecule has 2 nitrogen and oxygen atoms in total. The first-order chi connectivity index (χ1) is 7.16. The molecular formula is C12H17NOS. The van der Waals surface area contributed by atoms with E-state index >= 15 is 0 Å². The molecular weight excluding hydrogens is 206 g/mol. The molecule has 0 aromatic heterocycles. The molecule has 1 aromatic rings. The van der Waals surface area contributed by atoms with Gasteiger partial charge in [-0.2, -0.15) is 0 Å². The molecule has 0 spiro atoms. The first-order valence-electron chi connectivity index (χ1n) is 5.32. The minimum Gasteiger partial charge on any atom is -0.308 e. The number of nitrogens with one attached hydrogen (secondary N) is 1. The summed E-state index contributed by atoms with van der Waals surface area (Å²) in [4.78, 5) is 0. The van der Waals surface area contributed by atoms with Gasteiger partial charge in [-0.15, -0.1) is 0 Å². The van der Waals surface area contributed by atoms with Gasteiger partial charge < -0.3 is 5.32 Å². The molecule has 2 rings (SSSR count). The lowest BCUT2D eigenvalue weighted by Crippen LogP contribution is -2.36. The lowest BCUT2D eigenvalue weighted by Gasteiger charge is -2.25. The van der Waals surface area contributed by atoms with E-state index in [1.165, 1.54) is 16.7 Å². The molecule has 0 amide bonds. The Morgan fingerprint density at radius 1 is 1.40 bits per heavy atom. The molecule has 1 saturated heterocycles. The molecule has 0 saturated carbocycles. The third kappa shape index (κ3) is 2.47. The van der Waals surface area contributed by atoms with Crippen molar-refractivity contribution in [2.24, 2.45) is 0 Å². The molecule has 3 heteroatoms. The average Bonchev–Trinajstić information content (AvgIpc) is 2.17. The third-order valence-corrected chi connectivity index (χ3v) is 4.24. The summed E-state index contributed by atoms with van der Waals surface area (Å²) in [6.07, 6.45) is 0. The van der Waals surface area contributed by atoms with Crippen LogP contribution in [-0.2, 0) is 10.8 Å². The molecule has 0 aliphatic carbocycles. The summed E-state index contributed by atoms with van der Waals surface area (Å²) in [5, 5.41) is 3.43. The van der Waals surface area contributed by atoms with E-state index in [0.29, 0.717) is 0 Å². The SMILES string of the molecule is Cc1ccc(C2CS(=O)CCN2)c(C)c1. The number of rotatable bonds is 1. The van der Waals surface area contributed by atoms with E-state index in [9.17, 15) is 4.21 Å². The van der Waals surface area contributed by atoms with Crippen LogP contribution in [0.5, 0.6) is 0 Å². The monoisotopic (exact) mass is 223 g/mol. The second-order valence-electron chi connectivity index (χ2n) is 4.18. The molecule has 1 N–H and O–H groups in total. The summed E-state index contributed by atoms with van der Waals surface area (Å²) in [6.45, 7) is 5.09. The Labute approximate surface area is 93.5 Å². The first-order valence-corrected chi connectivity index (χ1v) is 6.81. The molecule has 1 fully saturated rings. The van der Waals surface area contributed by atoms with Crippen LogP contribution in [0.25, 0.3) is 0 Å². The van der Waals surface area contributed by atoms with Crippen molar-refractivity contribution in [2.45, 2.75) is 19.9 Å². The van der Waals surface area contributed by atoms with Gasteiger partial charge in [-0.05, 0) is 25.0 Å². The summed E-state index contributed by atoms with van der Waals surface area (Å²) in [5.41, 5.74) is 3.88. The van der Waals surface area contributed by atoms with Crippen LogP contribution in [0, 0.1) is 13.8 Å². The minimum absolute atomic E-state index is 0.278. The fourth-order valence-electron chi connectivity index (χ4n) is 2.09. The quantitative estimate of drug-likeness (QED) is 0.785. The van der Waals surface area contributed by atoms with Crippen LogP contribution in [0.15, 0.2) is 18.2 Å². The van der Waals surface area contributed by atoms with Gasteiger partial charge in [0, 0.05) is 34.9 Å². The van der Waals surface area contributed by atoms with Crippen LogP contribution in [0.4, 0.5) is 0 Å². The Morgan fingerprint density at radius 2 is 2.20 bits per heavy atom. The smallest absolute Gasteiger partial charge is 0.0439 e. The highest BCUT2D eigenvalue weighted by Gasteiger charge is 2.20. The zero-order valence-corrected chi connectivity index (χ0v) is 10.1. The summed E-state index contributed by atoms with van der Waals surface area (Å²) in [5.74, 6) is 1.55. The number of benzene rings is 1. The normalized spacial score (nSPS) is 26.5. The number of aryl methyl sites for hydroxylation is 2. The maximum absolute atomic E-state index is 11.5. The van der Waals surface area contributed by atoms with Gasteiger partial charge >= 0.3 is 0 Å². The Balaban J connectivity index is 2.24. The molecule has 2 unspecified atom stereocenters. The van der Waals surface area contributed by atoms with E-state index in [1.807, 2.05) is 0 Å². The first kappa shape index (κ1) is 10.8. The van der Waals surface area contributed by atoms with Gasteiger partial charge in [0.25, 0.3) is 0 Å². The summed E-state index contributed by atoms with van der Waals surface area (Å²) in [7, 11) is -0.647. The second kappa shape index (κ2) is 4.45. The van der Waals surface area contributed by atoms with Crippen molar-refractivity contribution in [3.63, 3.8) is 0 Å². The molecule has 1 aromatic carbocycles. The van der Waals surface area contributed by atoms with Crippen molar-refractivity contribution in [1.82, 2.24) is 5.32 Å². The summed E-state index contributed by atoms with van der Waals surface area (Å²) < 4.78 is 11.5. The van der Waals surface area contributed by atoms with Crippen molar-refractivity contribution in [1.29, 1.82) is 0 Å². The Hall–Kier alpha value is -0.670. The highest BCUT2D eigenvalue weighted by Crippen LogP contribution is 2.21. The predicted molar refractivity (Wildman–Crippen MR) is 64.5 cm³/mol. The van der Waals surface area contributed by atoms with Crippen LogP contribution in [0.3, 0.4) is 0 Å². The van der Waals surface area contributed by atoms with Crippen LogP contribution in [0.1, 0.15) is 22.7 Å². The van der Waals surface area contributed by atoms with Gasteiger partial charge in [-0.3, -0.25) is 4.21 Å². The summed E-state index contributed by atoms with van der Waals surface area (Å²) in [6, 6.07) is 6.75. The number of hydrogen-bond donors (Lipinski definition) is 1. The van der Waals surface area contributed by atoms with Crippen LogP contribution in [0.2, 0.25) is 0 Å². The van der Waals surface area contributed by atoms with Crippen LogP contribution in [-0.4, -0.2) is 22.3 Å². The molecule has 82 valence electrons. The Bertz CT molecular complexity index is 389. The predicted octanol–water partition coefficient (Wildman–Crippen LogP) is 1.70. The van der Waals surface area contributed by atoms with Gasteiger partial charge in [-0.25, -0.2) is 0 Å². The van der Waals surface area contributed by atoms with Crippen LogP contribution < -0.4 is 5.32 Å². The molecule has 0 bridgehead atoms.